The van der Waals surface area contributed by atoms with Gasteiger partial charge in [0.15, 0.2) is 11.9 Å². The Morgan fingerprint density at radius 2 is 2.13 bits per heavy atom. The van der Waals surface area contributed by atoms with Crippen molar-refractivity contribution in [3.05, 3.63) is 18.0 Å². The molecular formula is C11H19N2O2+. The molecular weight excluding hydrogens is 192 g/mol. The zero-order valence-corrected chi connectivity index (χ0v) is 9.82. The molecule has 0 aliphatic rings. The molecule has 0 atom stereocenters. The molecule has 4 heteroatoms. The van der Waals surface area contributed by atoms with Crippen LogP contribution in [0.1, 0.15) is 5.69 Å². The first-order valence-corrected chi connectivity index (χ1v) is 4.98. The fourth-order valence-electron chi connectivity index (χ4n) is 1.22. The molecule has 0 aromatic carbocycles. The number of likely N-dealkylation sites (N-methyl/N-ethyl adjacent to an activating group) is 1. The van der Waals surface area contributed by atoms with Crippen molar-refractivity contribution in [1.29, 1.82) is 0 Å². The van der Waals surface area contributed by atoms with E-state index in [0.717, 1.165) is 12.2 Å². The van der Waals surface area contributed by atoms with Gasteiger partial charge in [-0.1, -0.05) is 0 Å². The van der Waals surface area contributed by atoms with Crippen LogP contribution in [0.25, 0.3) is 0 Å². The molecule has 1 aromatic heterocycles. The monoisotopic (exact) mass is 211 g/mol. The predicted octanol–water partition coefficient (Wildman–Crippen LogP) is 0.466. The molecule has 15 heavy (non-hydrogen) atoms. The van der Waals surface area contributed by atoms with E-state index in [-0.39, 0.29) is 5.75 Å². The van der Waals surface area contributed by atoms with Crippen LogP contribution in [0, 0.1) is 6.92 Å². The minimum absolute atomic E-state index is 0.198. The van der Waals surface area contributed by atoms with Crippen LogP contribution in [0.15, 0.2) is 12.3 Å². The number of pyridine rings is 1. The smallest absolute Gasteiger partial charge is 0.228 e. The van der Waals surface area contributed by atoms with Crippen LogP contribution in [-0.4, -0.2) is 37.3 Å². The van der Waals surface area contributed by atoms with Gasteiger partial charge in [0.25, 0.3) is 0 Å². The highest BCUT2D eigenvalue weighted by Crippen LogP contribution is 2.26. The average Bonchev–Trinajstić information content (AvgIpc) is 2.17. The number of nitrogens with zero attached hydrogens (tertiary/aromatic N) is 2. The Balaban J connectivity index is 2.71. The van der Waals surface area contributed by atoms with E-state index < -0.39 is 0 Å². The second-order valence-electron chi connectivity index (χ2n) is 3.88. The molecule has 0 aliphatic heterocycles. The molecule has 0 aliphatic carbocycles. The summed E-state index contributed by atoms with van der Waals surface area (Å²) in [6.07, 6.45) is 1.81. The van der Waals surface area contributed by atoms with Gasteiger partial charge in [-0.25, -0.2) is 4.57 Å². The maximum Gasteiger partial charge on any atom is 0.228 e. The summed E-state index contributed by atoms with van der Waals surface area (Å²) in [5.41, 5.74) is 0.925. The molecule has 0 spiro atoms. The van der Waals surface area contributed by atoms with E-state index in [1.54, 1.807) is 6.07 Å². The predicted molar refractivity (Wildman–Crippen MR) is 58.1 cm³/mol. The van der Waals surface area contributed by atoms with Crippen LogP contribution >= 0.6 is 0 Å². The number of hydrogen-bond donors (Lipinski definition) is 1. The lowest BCUT2D eigenvalue weighted by Crippen LogP contribution is -2.32. The Morgan fingerprint density at radius 1 is 1.47 bits per heavy atom. The van der Waals surface area contributed by atoms with Crippen LogP contribution < -0.4 is 9.30 Å². The standard InChI is InChI=1S/C11H18N2O2/c1-9-11(15-8-7-12(2)3)10(14)5-6-13(9)4/h5-6H,7-8H2,1-4H3/p+1. The highest BCUT2D eigenvalue weighted by Gasteiger charge is 2.14. The van der Waals surface area contributed by atoms with Crippen molar-refractivity contribution in [3.63, 3.8) is 0 Å². The first kappa shape index (κ1) is 11.8. The molecule has 84 valence electrons. The van der Waals surface area contributed by atoms with Crippen LogP contribution in [0.2, 0.25) is 0 Å². The van der Waals surface area contributed by atoms with Crippen molar-refractivity contribution in [2.75, 3.05) is 27.2 Å². The van der Waals surface area contributed by atoms with Crippen molar-refractivity contribution in [2.45, 2.75) is 6.92 Å². The maximum atomic E-state index is 9.63. The third-order valence-corrected chi connectivity index (χ3v) is 2.33. The van der Waals surface area contributed by atoms with E-state index in [0.29, 0.717) is 12.4 Å². The Kier molecular flexibility index (Phi) is 3.91. The number of rotatable bonds is 4. The maximum absolute atomic E-state index is 9.63. The SMILES string of the molecule is Cc1c(OCCN(C)C)c(O)cc[n+]1C. The third-order valence-electron chi connectivity index (χ3n) is 2.33. The van der Waals surface area contributed by atoms with Gasteiger partial charge >= 0.3 is 0 Å². The zero-order valence-electron chi connectivity index (χ0n) is 9.82. The van der Waals surface area contributed by atoms with E-state index in [4.69, 9.17) is 4.74 Å². The molecule has 0 saturated heterocycles. The number of ether oxygens (including phenoxy) is 1. The molecule has 0 saturated carbocycles. The van der Waals surface area contributed by atoms with Gasteiger partial charge in [0.1, 0.15) is 13.7 Å². The lowest BCUT2D eigenvalue weighted by Gasteiger charge is -2.12. The zero-order chi connectivity index (χ0) is 11.4. The largest absolute Gasteiger partial charge is 0.504 e. The van der Waals surface area contributed by atoms with Gasteiger partial charge in [-0.2, -0.15) is 0 Å². The Labute approximate surface area is 90.7 Å². The lowest BCUT2D eigenvalue weighted by atomic mass is 10.3. The second kappa shape index (κ2) is 4.98. The summed E-state index contributed by atoms with van der Waals surface area (Å²) in [4.78, 5) is 2.04. The van der Waals surface area contributed by atoms with Gasteiger partial charge in [-0.3, -0.25) is 0 Å². The van der Waals surface area contributed by atoms with Gasteiger partial charge in [0.2, 0.25) is 11.4 Å². The van der Waals surface area contributed by atoms with Gasteiger partial charge in [0.05, 0.1) is 0 Å². The third kappa shape index (κ3) is 3.09. The Bertz CT molecular complexity index is 338. The van der Waals surface area contributed by atoms with Crippen LogP contribution in [-0.2, 0) is 7.05 Å². The average molecular weight is 211 g/mol. The van der Waals surface area contributed by atoms with Crippen LogP contribution in [0.3, 0.4) is 0 Å². The van der Waals surface area contributed by atoms with Gasteiger partial charge in [0, 0.05) is 19.5 Å². The number of aromatic nitrogens is 1. The van der Waals surface area contributed by atoms with Crippen LogP contribution in [0.4, 0.5) is 0 Å². The van der Waals surface area contributed by atoms with Crippen molar-refractivity contribution in [2.24, 2.45) is 7.05 Å². The summed E-state index contributed by atoms with van der Waals surface area (Å²) in [6, 6.07) is 1.64. The van der Waals surface area contributed by atoms with Crippen LogP contribution in [0.5, 0.6) is 11.5 Å². The van der Waals surface area contributed by atoms with E-state index in [9.17, 15) is 5.11 Å². The summed E-state index contributed by atoms with van der Waals surface area (Å²) in [6.45, 7) is 3.33. The minimum Gasteiger partial charge on any atom is -0.504 e. The van der Waals surface area contributed by atoms with Crippen molar-refractivity contribution < 1.29 is 14.4 Å². The van der Waals surface area contributed by atoms with Gasteiger partial charge < -0.3 is 14.7 Å². The Morgan fingerprint density at radius 3 is 2.73 bits per heavy atom. The molecule has 0 amide bonds. The molecule has 4 nitrogen and oxygen atoms in total. The normalized spacial score (nSPS) is 10.7. The molecule has 1 aromatic rings. The fourth-order valence-corrected chi connectivity index (χ4v) is 1.22. The molecule has 0 radical (unpaired) electrons. The first-order chi connectivity index (χ1) is 7.02. The summed E-state index contributed by atoms with van der Waals surface area (Å²) in [7, 11) is 5.90. The van der Waals surface area contributed by atoms with E-state index in [2.05, 4.69) is 0 Å². The fraction of sp³-hybridized carbons (Fsp3) is 0.545. The van der Waals surface area contributed by atoms with E-state index in [1.165, 1.54) is 0 Å². The lowest BCUT2D eigenvalue weighted by molar-refractivity contribution is -0.678. The number of hydrogen-bond acceptors (Lipinski definition) is 3. The minimum atomic E-state index is 0.198. The highest BCUT2D eigenvalue weighted by atomic mass is 16.5. The molecule has 0 bridgehead atoms. The molecule has 1 heterocycles. The summed E-state index contributed by atoms with van der Waals surface area (Å²) in [5.74, 6) is 0.770. The number of aromatic hydroxyl groups is 1. The molecule has 0 fully saturated rings. The molecule has 1 N–H and O–H groups in total. The summed E-state index contributed by atoms with van der Waals surface area (Å²) >= 11 is 0. The van der Waals surface area contributed by atoms with E-state index in [1.807, 2.05) is 43.7 Å². The number of aryl methyl sites for hydroxylation is 1. The van der Waals surface area contributed by atoms with Gasteiger partial charge in [-0.15, -0.1) is 0 Å². The molecule has 0 unspecified atom stereocenters. The quantitative estimate of drug-likeness (QED) is 0.735. The highest BCUT2D eigenvalue weighted by molar-refractivity contribution is 5.38. The summed E-state index contributed by atoms with van der Waals surface area (Å²) in [5, 5.41) is 9.63. The van der Waals surface area contributed by atoms with E-state index >= 15 is 0 Å². The Hall–Kier alpha value is -1.29. The van der Waals surface area contributed by atoms with Gasteiger partial charge in [-0.05, 0) is 14.1 Å². The van der Waals surface area contributed by atoms with Crippen molar-refractivity contribution >= 4 is 0 Å². The first-order valence-electron chi connectivity index (χ1n) is 4.98. The summed E-state index contributed by atoms with van der Waals surface area (Å²) < 4.78 is 7.47. The molecule has 1 rings (SSSR count). The topological polar surface area (TPSA) is 36.6 Å². The van der Waals surface area contributed by atoms with Crippen molar-refractivity contribution in [1.82, 2.24) is 4.90 Å². The van der Waals surface area contributed by atoms with Crippen molar-refractivity contribution in [3.8, 4) is 11.5 Å². The second-order valence-corrected chi connectivity index (χ2v) is 3.88.